The van der Waals surface area contributed by atoms with Gasteiger partial charge >= 0.3 is 0 Å². The van der Waals surface area contributed by atoms with E-state index in [-0.39, 0.29) is 23.4 Å². The first-order chi connectivity index (χ1) is 7.02. The van der Waals surface area contributed by atoms with Gasteiger partial charge in [-0.15, -0.1) is 0 Å². The van der Waals surface area contributed by atoms with E-state index in [0.29, 0.717) is 5.92 Å². The first-order valence-electron chi connectivity index (χ1n) is 6.05. The minimum atomic E-state index is -1.06. The molecular formula is C14H26O2. The molecule has 0 spiro atoms. The van der Waals surface area contributed by atoms with Crippen LogP contribution >= 0.6 is 0 Å². The number of hydrogen-bond acceptors (Lipinski definition) is 2. The molecule has 0 amide bonds. The minimum absolute atomic E-state index is 0.0288. The number of aliphatic hydroxyl groups is 2. The van der Waals surface area contributed by atoms with E-state index in [2.05, 4.69) is 47.6 Å². The Morgan fingerprint density at radius 2 is 1.56 bits per heavy atom. The van der Waals surface area contributed by atoms with E-state index in [0.717, 1.165) is 0 Å². The van der Waals surface area contributed by atoms with Gasteiger partial charge in [0.15, 0.2) is 0 Å². The zero-order valence-electron chi connectivity index (χ0n) is 11.4. The van der Waals surface area contributed by atoms with Crippen molar-refractivity contribution in [3.05, 3.63) is 12.2 Å². The van der Waals surface area contributed by atoms with Gasteiger partial charge in [-0.25, -0.2) is 0 Å². The van der Waals surface area contributed by atoms with E-state index < -0.39 is 5.60 Å². The van der Waals surface area contributed by atoms with Gasteiger partial charge < -0.3 is 10.2 Å². The Labute approximate surface area is 99.4 Å². The SMILES string of the molecule is CC(C)(C)C1C=CC(O)(CO)C1C(C)(C)C. The largest absolute Gasteiger partial charge is 0.393 e. The Bertz CT molecular complexity index is 280. The van der Waals surface area contributed by atoms with Crippen LogP contribution in [0.3, 0.4) is 0 Å². The first kappa shape index (κ1) is 13.7. The molecule has 0 radical (unpaired) electrons. The van der Waals surface area contributed by atoms with Crippen molar-refractivity contribution in [1.82, 2.24) is 0 Å². The minimum Gasteiger partial charge on any atom is -0.393 e. The molecule has 0 saturated carbocycles. The van der Waals surface area contributed by atoms with Crippen LogP contribution in [0.25, 0.3) is 0 Å². The molecule has 0 bridgehead atoms. The van der Waals surface area contributed by atoms with Crippen molar-refractivity contribution in [2.45, 2.75) is 47.1 Å². The molecule has 0 aromatic rings. The van der Waals surface area contributed by atoms with Crippen LogP contribution in [0.5, 0.6) is 0 Å². The molecule has 0 aromatic heterocycles. The molecule has 16 heavy (non-hydrogen) atoms. The standard InChI is InChI=1S/C14H26O2/c1-12(2,3)10-7-8-14(16,9-15)11(10)13(4,5)6/h7-8,10-11,15-16H,9H2,1-6H3. The molecule has 3 unspecified atom stereocenters. The maximum atomic E-state index is 10.5. The smallest absolute Gasteiger partial charge is 0.110 e. The molecule has 94 valence electrons. The van der Waals surface area contributed by atoms with E-state index in [9.17, 15) is 10.2 Å². The molecule has 2 nitrogen and oxygen atoms in total. The van der Waals surface area contributed by atoms with Gasteiger partial charge in [-0.3, -0.25) is 0 Å². The molecule has 0 heterocycles. The van der Waals surface area contributed by atoms with Crippen molar-refractivity contribution >= 4 is 0 Å². The van der Waals surface area contributed by atoms with Crippen molar-refractivity contribution < 1.29 is 10.2 Å². The first-order valence-corrected chi connectivity index (χ1v) is 6.05. The average molecular weight is 226 g/mol. The molecule has 0 fully saturated rings. The number of allylic oxidation sites excluding steroid dienone is 1. The third kappa shape index (κ3) is 2.33. The highest BCUT2D eigenvalue weighted by Crippen LogP contribution is 2.51. The van der Waals surface area contributed by atoms with Crippen LogP contribution in [0.2, 0.25) is 0 Å². The second-order valence-corrected chi connectivity index (χ2v) is 7.24. The van der Waals surface area contributed by atoms with Gasteiger partial charge in [0.1, 0.15) is 5.60 Å². The van der Waals surface area contributed by atoms with Crippen LogP contribution in [-0.4, -0.2) is 22.4 Å². The van der Waals surface area contributed by atoms with E-state index in [4.69, 9.17) is 0 Å². The van der Waals surface area contributed by atoms with Gasteiger partial charge in [-0.05, 0) is 16.7 Å². The van der Waals surface area contributed by atoms with Gasteiger partial charge in [-0.1, -0.05) is 53.7 Å². The fourth-order valence-electron chi connectivity index (χ4n) is 3.02. The Morgan fingerprint density at radius 3 is 1.88 bits per heavy atom. The summed E-state index contributed by atoms with van der Waals surface area (Å²) in [6.07, 6.45) is 3.87. The zero-order valence-corrected chi connectivity index (χ0v) is 11.4. The summed E-state index contributed by atoms with van der Waals surface area (Å²) in [6.45, 7) is 12.7. The van der Waals surface area contributed by atoms with E-state index >= 15 is 0 Å². The van der Waals surface area contributed by atoms with Crippen LogP contribution in [0.4, 0.5) is 0 Å². The predicted octanol–water partition coefficient (Wildman–Crippen LogP) is 2.60. The van der Waals surface area contributed by atoms with E-state index in [1.165, 1.54) is 0 Å². The van der Waals surface area contributed by atoms with Crippen molar-refractivity contribution in [2.75, 3.05) is 6.61 Å². The lowest BCUT2D eigenvalue weighted by Crippen LogP contribution is -2.48. The molecule has 0 aromatic carbocycles. The summed E-state index contributed by atoms with van der Waals surface area (Å²) in [5.74, 6) is 0.356. The van der Waals surface area contributed by atoms with Gasteiger partial charge in [-0.2, -0.15) is 0 Å². The highest BCUT2D eigenvalue weighted by atomic mass is 16.3. The number of aliphatic hydroxyl groups excluding tert-OH is 1. The van der Waals surface area contributed by atoms with Crippen molar-refractivity contribution in [3.8, 4) is 0 Å². The van der Waals surface area contributed by atoms with Crippen LogP contribution in [0.1, 0.15) is 41.5 Å². The summed E-state index contributed by atoms with van der Waals surface area (Å²) in [5, 5.41) is 19.9. The van der Waals surface area contributed by atoms with Gasteiger partial charge in [0.25, 0.3) is 0 Å². The Morgan fingerprint density at radius 1 is 1.06 bits per heavy atom. The number of hydrogen-bond donors (Lipinski definition) is 2. The summed E-state index contributed by atoms with van der Waals surface area (Å²) < 4.78 is 0. The Kier molecular flexibility index (Phi) is 3.30. The summed E-state index contributed by atoms with van der Waals surface area (Å²) >= 11 is 0. The maximum Gasteiger partial charge on any atom is 0.110 e. The van der Waals surface area contributed by atoms with Gasteiger partial charge in [0.2, 0.25) is 0 Å². The molecule has 0 aliphatic heterocycles. The lowest BCUT2D eigenvalue weighted by Gasteiger charge is -2.45. The van der Waals surface area contributed by atoms with Crippen molar-refractivity contribution in [1.29, 1.82) is 0 Å². The van der Waals surface area contributed by atoms with Gasteiger partial charge in [0.05, 0.1) is 6.61 Å². The third-order valence-corrected chi connectivity index (χ3v) is 3.68. The topological polar surface area (TPSA) is 40.5 Å². The molecule has 0 saturated heterocycles. The number of rotatable bonds is 1. The molecule has 1 aliphatic rings. The lowest BCUT2D eigenvalue weighted by molar-refractivity contribution is -0.0803. The molecule has 2 N–H and O–H groups in total. The second kappa shape index (κ2) is 3.85. The molecule has 3 atom stereocenters. The lowest BCUT2D eigenvalue weighted by atomic mass is 9.62. The predicted molar refractivity (Wildman–Crippen MR) is 67.1 cm³/mol. The fourth-order valence-corrected chi connectivity index (χ4v) is 3.02. The summed E-state index contributed by atoms with van der Waals surface area (Å²) in [4.78, 5) is 0. The summed E-state index contributed by atoms with van der Waals surface area (Å²) in [6, 6.07) is 0. The maximum absolute atomic E-state index is 10.5. The monoisotopic (exact) mass is 226 g/mol. The molecular weight excluding hydrogens is 200 g/mol. The Hall–Kier alpha value is -0.340. The van der Waals surface area contributed by atoms with Crippen LogP contribution in [-0.2, 0) is 0 Å². The van der Waals surface area contributed by atoms with E-state index in [1.807, 2.05) is 0 Å². The summed E-state index contributed by atoms with van der Waals surface area (Å²) in [5.41, 5.74) is -0.983. The summed E-state index contributed by atoms with van der Waals surface area (Å²) in [7, 11) is 0. The van der Waals surface area contributed by atoms with Crippen molar-refractivity contribution in [2.24, 2.45) is 22.7 Å². The molecule has 2 heteroatoms. The molecule has 1 aliphatic carbocycles. The average Bonchev–Trinajstić information content (AvgIpc) is 2.42. The second-order valence-electron chi connectivity index (χ2n) is 7.24. The normalized spacial score (nSPS) is 35.8. The fraction of sp³-hybridized carbons (Fsp3) is 0.857. The van der Waals surface area contributed by atoms with E-state index in [1.54, 1.807) is 6.08 Å². The highest BCUT2D eigenvalue weighted by molar-refractivity contribution is 5.20. The highest BCUT2D eigenvalue weighted by Gasteiger charge is 2.51. The molecule has 1 rings (SSSR count). The van der Waals surface area contributed by atoms with Crippen LogP contribution < -0.4 is 0 Å². The van der Waals surface area contributed by atoms with Gasteiger partial charge in [0, 0.05) is 5.92 Å². The van der Waals surface area contributed by atoms with Crippen LogP contribution in [0.15, 0.2) is 12.2 Å². The third-order valence-electron chi connectivity index (χ3n) is 3.68. The van der Waals surface area contributed by atoms with Crippen molar-refractivity contribution in [3.63, 3.8) is 0 Å². The Balaban J connectivity index is 3.13. The van der Waals surface area contributed by atoms with Crippen LogP contribution in [0, 0.1) is 22.7 Å². The zero-order chi connectivity index (χ0) is 12.8. The quantitative estimate of drug-likeness (QED) is 0.675.